The van der Waals surface area contributed by atoms with Crippen LogP contribution in [0.2, 0.25) is 0 Å². The Kier molecular flexibility index (Phi) is 3.39. The summed E-state index contributed by atoms with van der Waals surface area (Å²) in [4.78, 5) is 22.9. The lowest BCUT2D eigenvalue weighted by Crippen LogP contribution is -2.07. The Morgan fingerprint density at radius 1 is 1.14 bits per heavy atom. The summed E-state index contributed by atoms with van der Waals surface area (Å²) >= 11 is 0. The molecule has 0 saturated heterocycles. The Labute approximate surface area is 119 Å². The van der Waals surface area contributed by atoms with E-state index in [4.69, 9.17) is 8.83 Å². The van der Waals surface area contributed by atoms with E-state index in [9.17, 15) is 9.59 Å². The standard InChI is InChI=1S/C16H11NO4/c18-15(7-5-13-2-1-9-20-13)17-12-4-6-14-11(10-12)3-8-16(19)21-14/h1-10H,(H,17,18)/b7-5+. The normalized spacial score (nSPS) is 11.0. The average molecular weight is 281 g/mol. The highest BCUT2D eigenvalue weighted by Gasteiger charge is 2.02. The first-order chi connectivity index (χ1) is 10.2. The van der Waals surface area contributed by atoms with Gasteiger partial charge in [-0.05, 0) is 42.5 Å². The SMILES string of the molecule is O=C(/C=C/c1ccco1)Nc1ccc2oc(=O)ccc2c1. The smallest absolute Gasteiger partial charge is 0.336 e. The van der Waals surface area contributed by atoms with Crippen molar-refractivity contribution in [2.45, 2.75) is 0 Å². The highest BCUT2D eigenvalue weighted by molar-refractivity contribution is 6.02. The van der Waals surface area contributed by atoms with Crippen LogP contribution in [0.3, 0.4) is 0 Å². The Hall–Kier alpha value is -3.08. The third-order valence-electron chi connectivity index (χ3n) is 2.83. The number of amides is 1. The maximum Gasteiger partial charge on any atom is 0.336 e. The number of hydrogen-bond acceptors (Lipinski definition) is 4. The van der Waals surface area contributed by atoms with Crippen LogP contribution in [0.4, 0.5) is 5.69 Å². The summed E-state index contributed by atoms with van der Waals surface area (Å²) in [7, 11) is 0. The Morgan fingerprint density at radius 2 is 2.05 bits per heavy atom. The molecule has 5 nitrogen and oxygen atoms in total. The van der Waals surface area contributed by atoms with Gasteiger partial charge in [0.2, 0.25) is 5.91 Å². The van der Waals surface area contributed by atoms with Gasteiger partial charge in [0.15, 0.2) is 0 Å². The van der Waals surface area contributed by atoms with Crippen molar-refractivity contribution in [3.05, 3.63) is 71.0 Å². The lowest BCUT2D eigenvalue weighted by atomic mass is 10.2. The number of carbonyl (C=O) groups excluding carboxylic acids is 1. The van der Waals surface area contributed by atoms with E-state index in [0.29, 0.717) is 17.0 Å². The summed E-state index contributed by atoms with van der Waals surface area (Å²) in [5.74, 6) is 0.327. The fourth-order valence-corrected chi connectivity index (χ4v) is 1.88. The largest absolute Gasteiger partial charge is 0.465 e. The van der Waals surface area contributed by atoms with Gasteiger partial charge in [-0.2, -0.15) is 0 Å². The minimum Gasteiger partial charge on any atom is -0.465 e. The van der Waals surface area contributed by atoms with Gasteiger partial charge >= 0.3 is 5.63 Å². The zero-order chi connectivity index (χ0) is 14.7. The van der Waals surface area contributed by atoms with Gasteiger partial charge < -0.3 is 14.2 Å². The lowest BCUT2D eigenvalue weighted by Gasteiger charge is -2.03. The van der Waals surface area contributed by atoms with Gasteiger partial charge in [-0.15, -0.1) is 0 Å². The van der Waals surface area contributed by atoms with Crippen molar-refractivity contribution in [2.24, 2.45) is 0 Å². The molecule has 0 unspecified atom stereocenters. The van der Waals surface area contributed by atoms with Gasteiger partial charge in [0, 0.05) is 23.2 Å². The molecule has 3 rings (SSSR count). The number of benzene rings is 1. The quantitative estimate of drug-likeness (QED) is 0.591. The van der Waals surface area contributed by atoms with E-state index in [1.807, 2.05) is 0 Å². The van der Waals surface area contributed by atoms with E-state index in [0.717, 1.165) is 5.39 Å². The van der Waals surface area contributed by atoms with Crippen LogP contribution >= 0.6 is 0 Å². The predicted octanol–water partition coefficient (Wildman–Crippen LogP) is 3.04. The van der Waals surface area contributed by atoms with Crippen molar-refractivity contribution in [3.63, 3.8) is 0 Å². The summed E-state index contributed by atoms with van der Waals surface area (Å²) in [5.41, 5.74) is 0.692. The summed E-state index contributed by atoms with van der Waals surface area (Å²) < 4.78 is 10.1. The van der Waals surface area contributed by atoms with Gasteiger partial charge in [0.1, 0.15) is 11.3 Å². The zero-order valence-corrected chi connectivity index (χ0v) is 10.9. The highest BCUT2D eigenvalue weighted by atomic mass is 16.4. The predicted molar refractivity (Wildman–Crippen MR) is 78.9 cm³/mol. The minimum absolute atomic E-state index is 0.275. The molecule has 5 heteroatoms. The molecule has 1 aromatic carbocycles. The van der Waals surface area contributed by atoms with Crippen molar-refractivity contribution in [2.75, 3.05) is 5.32 Å². The maximum absolute atomic E-state index is 11.8. The van der Waals surface area contributed by atoms with Gasteiger partial charge in [-0.1, -0.05) is 0 Å². The Morgan fingerprint density at radius 3 is 2.86 bits per heavy atom. The number of carbonyl (C=O) groups is 1. The van der Waals surface area contributed by atoms with Crippen LogP contribution in [-0.4, -0.2) is 5.91 Å². The number of hydrogen-bond donors (Lipinski definition) is 1. The van der Waals surface area contributed by atoms with Gasteiger partial charge in [0.25, 0.3) is 0 Å². The molecule has 0 aliphatic heterocycles. The zero-order valence-electron chi connectivity index (χ0n) is 10.9. The van der Waals surface area contributed by atoms with E-state index in [1.165, 1.54) is 18.4 Å². The molecule has 0 aliphatic carbocycles. The molecular formula is C16H11NO4. The van der Waals surface area contributed by atoms with Gasteiger partial charge in [0.05, 0.1) is 6.26 Å². The monoisotopic (exact) mass is 281 g/mol. The molecule has 2 aromatic heterocycles. The molecule has 0 spiro atoms. The fourth-order valence-electron chi connectivity index (χ4n) is 1.88. The van der Waals surface area contributed by atoms with Crippen molar-refractivity contribution >= 4 is 28.6 Å². The first-order valence-electron chi connectivity index (χ1n) is 6.27. The van der Waals surface area contributed by atoms with Crippen LogP contribution in [0.15, 0.2) is 68.4 Å². The van der Waals surface area contributed by atoms with Crippen LogP contribution in [-0.2, 0) is 4.79 Å². The van der Waals surface area contributed by atoms with Gasteiger partial charge in [-0.25, -0.2) is 4.79 Å². The molecule has 0 fully saturated rings. The first-order valence-corrected chi connectivity index (χ1v) is 6.27. The van der Waals surface area contributed by atoms with E-state index in [1.54, 1.807) is 42.5 Å². The molecular weight excluding hydrogens is 270 g/mol. The van der Waals surface area contributed by atoms with Crippen LogP contribution in [0.1, 0.15) is 5.76 Å². The van der Waals surface area contributed by atoms with Crippen LogP contribution in [0, 0.1) is 0 Å². The van der Waals surface area contributed by atoms with Crippen LogP contribution in [0.5, 0.6) is 0 Å². The van der Waals surface area contributed by atoms with E-state index >= 15 is 0 Å². The topological polar surface area (TPSA) is 72.5 Å². The Balaban J connectivity index is 1.77. The molecule has 104 valence electrons. The van der Waals surface area contributed by atoms with Gasteiger partial charge in [-0.3, -0.25) is 4.79 Å². The van der Waals surface area contributed by atoms with E-state index in [2.05, 4.69) is 5.32 Å². The molecule has 2 heterocycles. The van der Waals surface area contributed by atoms with Crippen molar-refractivity contribution in [1.29, 1.82) is 0 Å². The summed E-state index contributed by atoms with van der Waals surface area (Å²) in [6.45, 7) is 0. The summed E-state index contributed by atoms with van der Waals surface area (Å²) in [5, 5.41) is 3.46. The van der Waals surface area contributed by atoms with Crippen LogP contribution in [0.25, 0.3) is 17.0 Å². The second-order valence-corrected chi connectivity index (χ2v) is 4.35. The highest BCUT2D eigenvalue weighted by Crippen LogP contribution is 2.17. The van der Waals surface area contributed by atoms with Crippen LogP contribution < -0.4 is 10.9 Å². The van der Waals surface area contributed by atoms with E-state index in [-0.39, 0.29) is 5.91 Å². The molecule has 21 heavy (non-hydrogen) atoms. The lowest BCUT2D eigenvalue weighted by molar-refractivity contribution is -0.111. The third-order valence-corrected chi connectivity index (χ3v) is 2.83. The van der Waals surface area contributed by atoms with Crippen molar-refractivity contribution in [3.8, 4) is 0 Å². The number of furan rings is 1. The minimum atomic E-state index is -0.402. The molecule has 0 atom stereocenters. The first kappa shape index (κ1) is 12.9. The average Bonchev–Trinajstić information content (AvgIpc) is 2.99. The van der Waals surface area contributed by atoms with Crippen molar-refractivity contribution < 1.29 is 13.6 Å². The summed E-state index contributed by atoms with van der Waals surface area (Å²) in [6, 6.07) is 11.5. The third kappa shape index (κ3) is 3.09. The molecule has 0 aliphatic rings. The summed E-state index contributed by atoms with van der Waals surface area (Å²) in [6.07, 6.45) is 4.50. The number of fused-ring (bicyclic) bond motifs is 1. The molecule has 0 radical (unpaired) electrons. The molecule has 3 aromatic rings. The maximum atomic E-state index is 11.8. The second kappa shape index (κ2) is 5.50. The second-order valence-electron chi connectivity index (χ2n) is 4.35. The molecule has 1 amide bonds. The number of nitrogens with one attached hydrogen (secondary N) is 1. The fraction of sp³-hybridized carbons (Fsp3) is 0. The number of rotatable bonds is 3. The number of anilines is 1. The molecule has 0 saturated carbocycles. The molecule has 1 N–H and O–H groups in total. The Bertz CT molecular complexity index is 859. The van der Waals surface area contributed by atoms with Crippen molar-refractivity contribution in [1.82, 2.24) is 0 Å². The van der Waals surface area contributed by atoms with E-state index < -0.39 is 5.63 Å². The molecule has 0 bridgehead atoms.